The Morgan fingerprint density at radius 1 is 1.53 bits per heavy atom. The predicted molar refractivity (Wildman–Crippen MR) is 59.5 cm³/mol. The van der Waals surface area contributed by atoms with Gasteiger partial charge in [-0.25, -0.2) is 0 Å². The van der Waals surface area contributed by atoms with E-state index in [1.165, 1.54) is 0 Å². The van der Waals surface area contributed by atoms with Gasteiger partial charge in [-0.15, -0.1) is 0 Å². The second-order valence-corrected chi connectivity index (χ2v) is 4.55. The molecule has 88 valence electrons. The SMILES string of the molecule is CCOC(C)(C)CN1CNC(CC)C1=O. The minimum atomic E-state index is -0.255. The Morgan fingerprint density at radius 2 is 2.20 bits per heavy atom. The summed E-state index contributed by atoms with van der Waals surface area (Å²) >= 11 is 0. The molecule has 1 aliphatic rings. The molecule has 0 aliphatic carbocycles. The predicted octanol–water partition coefficient (Wildman–Crippen LogP) is 0.969. The van der Waals surface area contributed by atoms with E-state index in [0.29, 0.717) is 19.8 Å². The zero-order valence-electron chi connectivity index (χ0n) is 10.2. The Morgan fingerprint density at radius 3 is 2.67 bits per heavy atom. The lowest BCUT2D eigenvalue weighted by atomic mass is 10.1. The lowest BCUT2D eigenvalue weighted by Gasteiger charge is -2.29. The van der Waals surface area contributed by atoms with E-state index < -0.39 is 0 Å². The Hall–Kier alpha value is -0.610. The van der Waals surface area contributed by atoms with Gasteiger partial charge in [0.1, 0.15) is 0 Å². The van der Waals surface area contributed by atoms with Crippen LogP contribution in [0.2, 0.25) is 0 Å². The van der Waals surface area contributed by atoms with Crippen LogP contribution in [0.3, 0.4) is 0 Å². The molecule has 0 aromatic carbocycles. The number of hydrogen-bond acceptors (Lipinski definition) is 3. The molecule has 1 amide bonds. The lowest BCUT2D eigenvalue weighted by Crippen LogP contribution is -2.42. The highest BCUT2D eigenvalue weighted by Gasteiger charge is 2.33. The molecule has 1 fully saturated rings. The molecule has 0 spiro atoms. The fourth-order valence-electron chi connectivity index (χ4n) is 1.95. The quantitative estimate of drug-likeness (QED) is 0.741. The fraction of sp³-hybridized carbons (Fsp3) is 0.909. The molecule has 1 N–H and O–H groups in total. The minimum Gasteiger partial charge on any atom is -0.374 e. The third-order valence-electron chi connectivity index (χ3n) is 2.65. The molecule has 1 atom stereocenters. The van der Waals surface area contributed by atoms with Crippen molar-refractivity contribution in [2.75, 3.05) is 19.8 Å². The van der Waals surface area contributed by atoms with Crippen molar-refractivity contribution in [2.45, 2.75) is 45.8 Å². The molecule has 0 bridgehead atoms. The maximum absolute atomic E-state index is 11.8. The van der Waals surface area contributed by atoms with Crippen molar-refractivity contribution < 1.29 is 9.53 Å². The first-order valence-electron chi connectivity index (χ1n) is 5.66. The van der Waals surface area contributed by atoms with Crippen molar-refractivity contribution >= 4 is 5.91 Å². The van der Waals surface area contributed by atoms with E-state index >= 15 is 0 Å². The molecule has 0 aromatic heterocycles. The number of carbonyl (C=O) groups excluding carboxylic acids is 1. The van der Waals surface area contributed by atoms with Crippen molar-refractivity contribution in [3.05, 3.63) is 0 Å². The van der Waals surface area contributed by atoms with Gasteiger partial charge in [0.15, 0.2) is 0 Å². The summed E-state index contributed by atoms with van der Waals surface area (Å²) in [5, 5.41) is 3.19. The summed E-state index contributed by atoms with van der Waals surface area (Å²) < 4.78 is 5.59. The maximum Gasteiger partial charge on any atom is 0.240 e. The summed E-state index contributed by atoms with van der Waals surface area (Å²) in [4.78, 5) is 13.7. The van der Waals surface area contributed by atoms with Gasteiger partial charge in [-0.1, -0.05) is 6.92 Å². The Balaban J connectivity index is 2.49. The zero-order chi connectivity index (χ0) is 11.5. The highest BCUT2D eigenvalue weighted by Crippen LogP contribution is 2.15. The van der Waals surface area contributed by atoms with Gasteiger partial charge in [-0.3, -0.25) is 10.1 Å². The molecule has 1 rings (SSSR count). The number of amides is 1. The molecule has 1 heterocycles. The standard InChI is InChI=1S/C11H22N2O2/c1-5-9-10(14)13(8-12-9)7-11(3,4)15-6-2/h9,12H,5-8H2,1-4H3. The van der Waals surface area contributed by atoms with E-state index in [2.05, 4.69) is 5.32 Å². The van der Waals surface area contributed by atoms with Crippen LogP contribution in [0.4, 0.5) is 0 Å². The average Bonchev–Trinajstić information content (AvgIpc) is 2.47. The molecular weight excluding hydrogens is 192 g/mol. The summed E-state index contributed by atoms with van der Waals surface area (Å²) in [5.74, 6) is 0.199. The van der Waals surface area contributed by atoms with E-state index in [4.69, 9.17) is 4.74 Å². The van der Waals surface area contributed by atoms with Crippen LogP contribution in [-0.2, 0) is 9.53 Å². The Kier molecular flexibility index (Phi) is 4.11. The maximum atomic E-state index is 11.8. The fourth-order valence-corrected chi connectivity index (χ4v) is 1.95. The number of carbonyl (C=O) groups is 1. The second-order valence-electron chi connectivity index (χ2n) is 4.55. The van der Waals surface area contributed by atoms with E-state index in [0.717, 1.165) is 6.42 Å². The van der Waals surface area contributed by atoms with E-state index in [1.54, 1.807) is 0 Å². The average molecular weight is 214 g/mol. The Bertz CT molecular complexity index is 229. The summed E-state index contributed by atoms with van der Waals surface area (Å²) in [5.41, 5.74) is -0.255. The lowest BCUT2D eigenvalue weighted by molar-refractivity contribution is -0.132. The summed E-state index contributed by atoms with van der Waals surface area (Å²) in [6.07, 6.45) is 0.852. The molecule has 1 saturated heterocycles. The summed E-state index contributed by atoms with van der Waals surface area (Å²) in [6, 6.07) is 0.00225. The molecular formula is C11H22N2O2. The second kappa shape index (κ2) is 4.94. The van der Waals surface area contributed by atoms with Gasteiger partial charge in [0.25, 0.3) is 0 Å². The number of nitrogens with zero attached hydrogens (tertiary/aromatic N) is 1. The van der Waals surface area contributed by atoms with Crippen LogP contribution in [0.15, 0.2) is 0 Å². The van der Waals surface area contributed by atoms with Crippen LogP contribution in [0.1, 0.15) is 34.1 Å². The first-order chi connectivity index (χ1) is 7.00. The van der Waals surface area contributed by atoms with E-state index in [9.17, 15) is 4.79 Å². The molecule has 1 aliphatic heterocycles. The monoisotopic (exact) mass is 214 g/mol. The van der Waals surface area contributed by atoms with Crippen LogP contribution in [-0.4, -0.2) is 42.3 Å². The molecule has 15 heavy (non-hydrogen) atoms. The van der Waals surface area contributed by atoms with Gasteiger partial charge >= 0.3 is 0 Å². The van der Waals surface area contributed by atoms with Crippen LogP contribution < -0.4 is 5.32 Å². The number of ether oxygens (including phenoxy) is 1. The molecule has 0 aromatic rings. The number of hydrogen-bond donors (Lipinski definition) is 1. The number of rotatable bonds is 5. The van der Waals surface area contributed by atoms with Gasteiger partial charge in [-0.05, 0) is 27.2 Å². The smallest absolute Gasteiger partial charge is 0.240 e. The minimum absolute atomic E-state index is 0.00225. The molecule has 1 unspecified atom stereocenters. The normalized spacial score (nSPS) is 22.5. The third kappa shape index (κ3) is 3.18. The largest absolute Gasteiger partial charge is 0.374 e. The third-order valence-corrected chi connectivity index (χ3v) is 2.65. The van der Waals surface area contributed by atoms with Crippen molar-refractivity contribution in [3.63, 3.8) is 0 Å². The Labute approximate surface area is 92.0 Å². The highest BCUT2D eigenvalue weighted by atomic mass is 16.5. The first-order valence-corrected chi connectivity index (χ1v) is 5.66. The van der Waals surface area contributed by atoms with Crippen LogP contribution >= 0.6 is 0 Å². The van der Waals surface area contributed by atoms with Crippen molar-refractivity contribution in [3.8, 4) is 0 Å². The molecule has 4 heteroatoms. The van der Waals surface area contributed by atoms with Gasteiger partial charge in [0.05, 0.1) is 24.9 Å². The number of nitrogens with one attached hydrogen (secondary N) is 1. The topological polar surface area (TPSA) is 41.6 Å². The van der Waals surface area contributed by atoms with Gasteiger partial charge in [-0.2, -0.15) is 0 Å². The van der Waals surface area contributed by atoms with Crippen molar-refractivity contribution in [2.24, 2.45) is 0 Å². The van der Waals surface area contributed by atoms with E-state index in [-0.39, 0.29) is 17.6 Å². The van der Waals surface area contributed by atoms with Gasteiger partial charge in [0, 0.05) is 6.61 Å². The van der Waals surface area contributed by atoms with Crippen molar-refractivity contribution in [1.29, 1.82) is 0 Å². The van der Waals surface area contributed by atoms with Crippen molar-refractivity contribution in [1.82, 2.24) is 10.2 Å². The summed E-state index contributed by atoms with van der Waals surface area (Å²) in [7, 11) is 0. The molecule has 0 saturated carbocycles. The first kappa shape index (κ1) is 12.5. The summed E-state index contributed by atoms with van der Waals surface area (Å²) in [6.45, 7) is 10.0. The highest BCUT2D eigenvalue weighted by molar-refractivity contribution is 5.83. The zero-order valence-corrected chi connectivity index (χ0v) is 10.2. The van der Waals surface area contributed by atoms with Crippen LogP contribution in [0, 0.1) is 0 Å². The van der Waals surface area contributed by atoms with Crippen LogP contribution in [0.25, 0.3) is 0 Å². The molecule has 4 nitrogen and oxygen atoms in total. The molecule has 0 radical (unpaired) electrons. The van der Waals surface area contributed by atoms with Crippen LogP contribution in [0.5, 0.6) is 0 Å². The van der Waals surface area contributed by atoms with Gasteiger partial charge in [0.2, 0.25) is 5.91 Å². The van der Waals surface area contributed by atoms with E-state index in [1.807, 2.05) is 32.6 Å². The van der Waals surface area contributed by atoms with Gasteiger partial charge < -0.3 is 9.64 Å².